The number of rotatable bonds is 9. The fourth-order valence-electron chi connectivity index (χ4n) is 6.60. The van der Waals surface area contributed by atoms with Gasteiger partial charge in [0, 0.05) is 56.6 Å². The largest absolute Gasteiger partial charge is 0.369 e. The van der Waals surface area contributed by atoms with Gasteiger partial charge in [-0.15, -0.1) is 0 Å². The van der Waals surface area contributed by atoms with Crippen molar-refractivity contribution >= 4 is 40.6 Å². The lowest BCUT2D eigenvalue weighted by Gasteiger charge is -2.35. The summed E-state index contributed by atoms with van der Waals surface area (Å²) in [5.74, 6) is -2.00. The number of nitro benzene ring substituents is 1. The molecule has 2 bridgehead atoms. The van der Waals surface area contributed by atoms with Gasteiger partial charge in [0.1, 0.15) is 0 Å². The van der Waals surface area contributed by atoms with Gasteiger partial charge in [0.15, 0.2) is 11.6 Å². The molecule has 3 aliphatic rings. The number of nitrogens with two attached hydrogens (primary N) is 1. The zero-order valence-electron chi connectivity index (χ0n) is 22.1. The van der Waals surface area contributed by atoms with Crippen molar-refractivity contribution in [3.63, 3.8) is 0 Å². The van der Waals surface area contributed by atoms with Crippen LogP contribution >= 0.6 is 11.6 Å². The first kappa shape index (κ1) is 28.0. The number of fused-ring (bicyclic) bond motifs is 2. The molecule has 1 aromatic heterocycles. The van der Waals surface area contributed by atoms with Crippen LogP contribution < -0.4 is 21.3 Å². The summed E-state index contributed by atoms with van der Waals surface area (Å²) >= 11 is 5.84. The molecule has 5 unspecified atom stereocenters. The third-order valence-electron chi connectivity index (χ3n) is 8.52. The second-order valence-corrected chi connectivity index (χ2v) is 11.3. The van der Waals surface area contributed by atoms with Gasteiger partial charge in [-0.3, -0.25) is 19.7 Å². The molecule has 214 valence electrons. The maximum Gasteiger partial charge on any atom is 0.269 e. The van der Waals surface area contributed by atoms with Gasteiger partial charge in [-0.1, -0.05) is 0 Å². The van der Waals surface area contributed by atoms with Crippen molar-refractivity contribution in [3.8, 4) is 0 Å². The molecule has 2 amide bonds. The highest BCUT2D eigenvalue weighted by atomic mass is 35.5. The molecule has 2 saturated carbocycles. The van der Waals surface area contributed by atoms with Gasteiger partial charge in [0.05, 0.1) is 23.5 Å². The zero-order valence-corrected chi connectivity index (χ0v) is 22.8. The summed E-state index contributed by atoms with van der Waals surface area (Å²) in [5, 5.41) is 17.3. The van der Waals surface area contributed by atoms with E-state index >= 15 is 0 Å². The number of nitro groups is 1. The molecule has 2 heterocycles. The Balaban J connectivity index is 1.26. The highest BCUT2D eigenvalue weighted by molar-refractivity contribution is 6.28. The number of amides is 2. The lowest BCUT2D eigenvalue weighted by molar-refractivity contribution is -0.384. The second kappa shape index (κ2) is 11.5. The number of hydrogen-bond donors (Lipinski definition) is 3. The molecule has 40 heavy (non-hydrogen) atoms. The summed E-state index contributed by atoms with van der Waals surface area (Å²) < 4.78 is 14.3. The number of likely N-dealkylation sites (N-methyl/N-ethyl adjacent to an activating group) is 1. The Morgan fingerprint density at radius 1 is 1.25 bits per heavy atom. The normalized spacial score (nSPS) is 26.1. The van der Waals surface area contributed by atoms with Crippen molar-refractivity contribution in [1.29, 1.82) is 0 Å². The number of nitrogens with one attached hydrogen (secondary N) is 2. The average molecular weight is 575 g/mol. The van der Waals surface area contributed by atoms with E-state index in [9.17, 15) is 24.1 Å². The number of benzene rings is 1. The number of carbonyl (C=O) groups excluding carboxylic acids is 2. The lowest BCUT2D eigenvalue weighted by atomic mass is 9.77. The van der Waals surface area contributed by atoms with E-state index in [-0.39, 0.29) is 46.9 Å². The van der Waals surface area contributed by atoms with Crippen molar-refractivity contribution in [2.45, 2.75) is 25.3 Å². The first-order valence-electron chi connectivity index (χ1n) is 13.3. The van der Waals surface area contributed by atoms with Crippen molar-refractivity contribution in [2.24, 2.45) is 29.4 Å². The molecule has 12 nitrogen and oxygen atoms in total. The topological polar surface area (TPSA) is 160 Å². The molecule has 2 aromatic rings. The number of non-ortho nitro benzene ring substituents is 1. The minimum atomic E-state index is -0.687. The van der Waals surface area contributed by atoms with Gasteiger partial charge < -0.3 is 26.2 Å². The first-order chi connectivity index (χ1) is 19.1. The van der Waals surface area contributed by atoms with Crippen LogP contribution in [0.3, 0.4) is 0 Å². The number of piperazine rings is 1. The fourth-order valence-corrected chi connectivity index (χ4v) is 6.74. The van der Waals surface area contributed by atoms with Crippen LogP contribution in [0.15, 0.2) is 24.4 Å². The molecular weight excluding hydrogens is 543 g/mol. The molecule has 0 radical (unpaired) electrons. The number of halogens is 2. The van der Waals surface area contributed by atoms with E-state index < -0.39 is 28.6 Å². The highest BCUT2D eigenvalue weighted by Crippen LogP contribution is 2.52. The van der Waals surface area contributed by atoms with E-state index in [2.05, 4.69) is 30.4 Å². The predicted molar refractivity (Wildman–Crippen MR) is 146 cm³/mol. The maximum absolute atomic E-state index is 14.3. The van der Waals surface area contributed by atoms with Crippen LogP contribution in [-0.2, 0) is 16.0 Å². The minimum Gasteiger partial charge on any atom is -0.369 e. The fraction of sp³-hybridized carbons (Fsp3) is 0.538. The van der Waals surface area contributed by atoms with Gasteiger partial charge >= 0.3 is 0 Å². The summed E-state index contributed by atoms with van der Waals surface area (Å²) in [6.45, 7) is 3.61. The Kier molecular flexibility index (Phi) is 8.04. The number of carbonyl (C=O) groups is 2. The van der Waals surface area contributed by atoms with Gasteiger partial charge in [-0.2, -0.15) is 4.98 Å². The quantitative estimate of drug-likeness (QED) is 0.230. The van der Waals surface area contributed by atoms with E-state index in [1.165, 1.54) is 12.1 Å². The maximum atomic E-state index is 14.3. The van der Waals surface area contributed by atoms with E-state index in [1.807, 2.05) is 7.05 Å². The smallest absolute Gasteiger partial charge is 0.269 e. The summed E-state index contributed by atoms with van der Waals surface area (Å²) in [6.07, 6.45) is 2.38. The molecule has 5 atom stereocenters. The summed E-state index contributed by atoms with van der Waals surface area (Å²) in [6, 6.07) is 4.21. The minimum absolute atomic E-state index is 0.000400. The number of anilines is 2. The standard InChI is InChI=1S/C26H32ClFN8O4/c1-34-4-6-35(7-5-34)20-3-2-17(36(39)40)9-14(20)11-21(37)30-12-16-8-15-10-18(16)23(22(15)24(29)38)32-25-19(28)13-31-26(27)33-25/h2-3,9,13,15-16,18,22-23H,4-8,10-12H2,1H3,(H2,29,38)(H,30,37)(H,31,32,33). The van der Waals surface area contributed by atoms with Gasteiger partial charge in [0.25, 0.3) is 5.69 Å². The second-order valence-electron chi connectivity index (χ2n) is 10.9. The van der Waals surface area contributed by atoms with Crippen LogP contribution in [0.2, 0.25) is 5.28 Å². The molecule has 1 aliphatic heterocycles. The molecule has 3 fully saturated rings. The Morgan fingerprint density at radius 2 is 2.00 bits per heavy atom. The number of aromatic nitrogens is 2. The van der Waals surface area contributed by atoms with Gasteiger partial charge in [-0.05, 0) is 60.9 Å². The predicted octanol–water partition coefficient (Wildman–Crippen LogP) is 1.83. The molecule has 0 spiro atoms. The first-order valence-corrected chi connectivity index (χ1v) is 13.7. The van der Waals surface area contributed by atoms with Crippen molar-refractivity contribution in [2.75, 3.05) is 50.0 Å². The van der Waals surface area contributed by atoms with Crippen molar-refractivity contribution < 1.29 is 18.9 Å². The lowest BCUT2D eigenvalue weighted by Crippen LogP contribution is -2.47. The number of hydrogen-bond acceptors (Lipinski definition) is 9. The van der Waals surface area contributed by atoms with Crippen molar-refractivity contribution in [3.05, 3.63) is 51.2 Å². The third-order valence-corrected chi connectivity index (χ3v) is 8.70. The van der Waals surface area contributed by atoms with Crippen LogP contribution in [0.5, 0.6) is 0 Å². The van der Waals surface area contributed by atoms with Crippen LogP contribution in [0.1, 0.15) is 18.4 Å². The molecular formula is C26H32ClFN8O4. The van der Waals surface area contributed by atoms with E-state index in [0.29, 0.717) is 24.9 Å². The summed E-state index contributed by atoms with van der Waals surface area (Å²) in [4.78, 5) is 48.3. The Hall–Kier alpha value is -3.58. The Bertz CT molecular complexity index is 1310. The van der Waals surface area contributed by atoms with Crippen LogP contribution in [0.4, 0.5) is 21.6 Å². The molecule has 5 rings (SSSR count). The average Bonchev–Trinajstić information content (AvgIpc) is 3.48. The zero-order chi connectivity index (χ0) is 28.6. The van der Waals surface area contributed by atoms with Gasteiger partial charge in [-0.25, -0.2) is 9.37 Å². The van der Waals surface area contributed by atoms with E-state index in [1.54, 1.807) is 6.07 Å². The van der Waals surface area contributed by atoms with Crippen LogP contribution in [0, 0.1) is 39.6 Å². The van der Waals surface area contributed by atoms with Crippen molar-refractivity contribution in [1.82, 2.24) is 20.2 Å². The summed E-state index contributed by atoms with van der Waals surface area (Å²) in [5.41, 5.74) is 7.08. The highest BCUT2D eigenvalue weighted by Gasteiger charge is 2.55. The molecule has 1 aromatic carbocycles. The Labute approximate surface area is 235 Å². The molecule has 2 aliphatic carbocycles. The van der Waals surface area contributed by atoms with E-state index in [4.69, 9.17) is 17.3 Å². The van der Waals surface area contributed by atoms with E-state index in [0.717, 1.165) is 38.1 Å². The Morgan fingerprint density at radius 3 is 2.70 bits per heavy atom. The monoisotopic (exact) mass is 574 g/mol. The van der Waals surface area contributed by atoms with Gasteiger partial charge in [0.2, 0.25) is 17.1 Å². The molecule has 1 saturated heterocycles. The van der Waals surface area contributed by atoms with Crippen LogP contribution in [-0.4, -0.2) is 77.4 Å². The SMILES string of the molecule is CN1CCN(c2ccc([N+](=O)[O-])cc2CC(=O)NCC2CC3CC2C(Nc2nc(Cl)ncc2F)C3C(N)=O)CC1. The number of nitrogens with zero attached hydrogens (tertiary/aromatic N) is 5. The van der Waals surface area contributed by atoms with Crippen LogP contribution in [0.25, 0.3) is 0 Å². The number of primary amides is 1. The molecule has 4 N–H and O–H groups in total. The third kappa shape index (κ3) is 5.80. The molecule has 14 heteroatoms. The summed E-state index contributed by atoms with van der Waals surface area (Å²) in [7, 11) is 2.04.